The quantitative estimate of drug-likeness (QED) is 0.677. The molecule has 4 rings (SSSR count). The van der Waals surface area contributed by atoms with Crippen LogP contribution in [0.5, 0.6) is 0 Å². The Kier molecular flexibility index (Phi) is 2.41. The molecule has 0 nitrogen and oxygen atoms in total. The van der Waals surface area contributed by atoms with E-state index in [1.54, 1.807) is 0 Å². The van der Waals surface area contributed by atoms with Crippen molar-refractivity contribution >= 4 is 22.4 Å². The number of hydrogen-bond acceptors (Lipinski definition) is 0. The third-order valence-corrected chi connectivity index (χ3v) is 4.90. The van der Waals surface area contributed by atoms with Crippen LogP contribution in [-0.4, -0.2) is 0 Å². The van der Waals surface area contributed by atoms with Crippen molar-refractivity contribution in [2.75, 3.05) is 0 Å². The van der Waals surface area contributed by atoms with Crippen LogP contribution in [0, 0.1) is 5.92 Å². The Morgan fingerprint density at radius 3 is 2.61 bits per heavy atom. The van der Waals surface area contributed by atoms with Gasteiger partial charge in [-0.1, -0.05) is 43.2 Å². The lowest BCUT2D eigenvalue weighted by molar-refractivity contribution is 0.709. The Labute approximate surface area is 113 Å². The Bertz CT molecular complexity index is 600. The van der Waals surface area contributed by atoms with E-state index < -0.39 is 0 Å². The van der Waals surface area contributed by atoms with Crippen molar-refractivity contribution in [3.63, 3.8) is 0 Å². The summed E-state index contributed by atoms with van der Waals surface area (Å²) < 4.78 is 0. The van der Waals surface area contributed by atoms with Crippen LogP contribution in [0.2, 0.25) is 0 Å². The third kappa shape index (κ3) is 1.66. The maximum Gasteiger partial charge on any atom is 0.0594 e. The van der Waals surface area contributed by atoms with Gasteiger partial charge in [-0.2, -0.15) is 0 Å². The minimum Gasteiger partial charge on any atom is -0.118 e. The Balaban J connectivity index is 1.85. The maximum atomic E-state index is 6.65. The molecule has 0 aromatic heterocycles. The molecule has 1 heteroatoms. The summed E-state index contributed by atoms with van der Waals surface area (Å²) in [6, 6.07) is 11.3. The number of alkyl halides is 1. The average molecular weight is 257 g/mol. The molecular formula is C17H17Cl. The van der Waals surface area contributed by atoms with Crippen LogP contribution in [0.1, 0.15) is 41.3 Å². The Morgan fingerprint density at radius 2 is 1.83 bits per heavy atom. The van der Waals surface area contributed by atoms with Crippen molar-refractivity contribution in [3.8, 4) is 0 Å². The van der Waals surface area contributed by atoms with Crippen molar-refractivity contribution in [1.29, 1.82) is 0 Å². The zero-order valence-corrected chi connectivity index (χ0v) is 11.2. The van der Waals surface area contributed by atoms with Crippen molar-refractivity contribution < 1.29 is 0 Å². The molecule has 0 saturated heterocycles. The smallest absolute Gasteiger partial charge is 0.0594 e. The van der Waals surface area contributed by atoms with Gasteiger partial charge >= 0.3 is 0 Å². The second-order valence-corrected chi connectivity index (χ2v) is 6.33. The second kappa shape index (κ2) is 3.99. The molecule has 92 valence electrons. The summed E-state index contributed by atoms with van der Waals surface area (Å²) in [5, 5.41) is 3.10. The molecule has 2 aliphatic carbocycles. The molecule has 0 N–H and O–H groups in total. The van der Waals surface area contributed by atoms with Crippen LogP contribution in [0.4, 0.5) is 0 Å². The summed E-state index contributed by atoms with van der Waals surface area (Å²) in [6.07, 6.45) is 6.31. The van der Waals surface area contributed by atoms with E-state index in [0.29, 0.717) is 0 Å². The molecule has 0 amide bonds. The normalized spacial score (nSPS) is 19.4. The molecule has 0 spiro atoms. The predicted octanol–water partition coefficient (Wildman–Crippen LogP) is 5.02. The van der Waals surface area contributed by atoms with Crippen LogP contribution < -0.4 is 0 Å². The van der Waals surface area contributed by atoms with Gasteiger partial charge in [-0.05, 0) is 52.6 Å². The molecule has 1 unspecified atom stereocenters. The van der Waals surface area contributed by atoms with Gasteiger partial charge < -0.3 is 0 Å². The molecule has 1 fully saturated rings. The van der Waals surface area contributed by atoms with Crippen LogP contribution in [0.15, 0.2) is 30.3 Å². The minimum atomic E-state index is 0.197. The first-order valence-electron chi connectivity index (χ1n) is 7.00. The number of aryl methyl sites for hydroxylation is 2. The first-order chi connectivity index (χ1) is 8.83. The van der Waals surface area contributed by atoms with Crippen LogP contribution in [0.25, 0.3) is 10.8 Å². The summed E-state index contributed by atoms with van der Waals surface area (Å²) >= 11 is 6.65. The molecule has 0 heterocycles. The van der Waals surface area contributed by atoms with E-state index in [1.807, 2.05) is 0 Å². The van der Waals surface area contributed by atoms with Gasteiger partial charge in [0, 0.05) is 0 Å². The molecule has 0 bridgehead atoms. The van der Waals surface area contributed by atoms with E-state index in [0.717, 1.165) is 12.3 Å². The first kappa shape index (κ1) is 10.9. The van der Waals surface area contributed by atoms with Gasteiger partial charge in [-0.3, -0.25) is 0 Å². The van der Waals surface area contributed by atoms with Crippen molar-refractivity contribution in [2.24, 2.45) is 5.92 Å². The monoisotopic (exact) mass is 256 g/mol. The fourth-order valence-electron chi connectivity index (χ4n) is 3.32. The summed E-state index contributed by atoms with van der Waals surface area (Å²) in [4.78, 5) is 0. The molecule has 0 radical (unpaired) electrons. The van der Waals surface area contributed by atoms with Crippen LogP contribution in [-0.2, 0) is 12.8 Å². The Hall–Kier alpha value is -1.01. The highest BCUT2D eigenvalue weighted by atomic mass is 35.5. The van der Waals surface area contributed by atoms with Gasteiger partial charge in [0.1, 0.15) is 0 Å². The molecule has 2 aliphatic rings. The fourth-order valence-corrected chi connectivity index (χ4v) is 3.76. The number of halogens is 1. The third-order valence-electron chi connectivity index (χ3n) is 4.49. The molecule has 2 aromatic carbocycles. The van der Waals surface area contributed by atoms with E-state index in [1.165, 1.54) is 53.1 Å². The summed E-state index contributed by atoms with van der Waals surface area (Å²) in [5.41, 5.74) is 4.38. The standard InChI is InChI=1S/C17H17Cl/c18-16(10-11-4-5-11)14-9-8-13-7-6-12-2-1-3-15(14)17(12)13/h1-3,8-9,11,16H,4-7,10H2. The average Bonchev–Trinajstić information content (AvgIpc) is 3.10. The van der Waals surface area contributed by atoms with Crippen molar-refractivity contribution in [2.45, 2.75) is 37.5 Å². The lowest BCUT2D eigenvalue weighted by Gasteiger charge is -2.14. The topological polar surface area (TPSA) is 0 Å². The van der Waals surface area contributed by atoms with Crippen LogP contribution in [0.3, 0.4) is 0 Å². The van der Waals surface area contributed by atoms with Gasteiger partial charge in [0.05, 0.1) is 5.38 Å². The largest absolute Gasteiger partial charge is 0.118 e. The predicted molar refractivity (Wildman–Crippen MR) is 77.3 cm³/mol. The lowest BCUT2D eigenvalue weighted by atomic mass is 9.96. The highest BCUT2D eigenvalue weighted by Crippen LogP contribution is 2.43. The van der Waals surface area contributed by atoms with E-state index >= 15 is 0 Å². The van der Waals surface area contributed by atoms with Gasteiger partial charge in [0.25, 0.3) is 0 Å². The van der Waals surface area contributed by atoms with E-state index in [4.69, 9.17) is 11.6 Å². The van der Waals surface area contributed by atoms with E-state index in [2.05, 4.69) is 30.3 Å². The highest BCUT2D eigenvalue weighted by Gasteiger charge is 2.26. The SMILES string of the molecule is ClC(CC1CC1)c1ccc2c3c(cccc13)CC2. The first-order valence-corrected chi connectivity index (χ1v) is 7.44. The van der Waals surface area contributed by atoms with E-state index in [9.17, 15) is 0 Å². The molecule has 0 aliphatic heterocycles. The Morgan fingerprint density at radius 1 is 1.06 bits per heavy atom. The highest BCUT2D eigenvalue weighted by molar-refractivity contribution is 6.22. The van der Waals surface area contributed by atoms with Gasteiger partial charge in [0.15, 0.2) is 0 Å². The molecule has 18 heavy (non-hydrogen) atoms. The van der Waals surface area contributed by atoms with Crippen molar-refractivity contribution in [1.82, 2.24) is 0 Å². The van der Waals surface area contributed by atoms with Crippen molar-refractivity contribution in [3.05, 3.63) is 47.0 Å². The zero-order chi connectivity index (χ0) is 12.1. The zero-order valence-electron chi connectivity index (χ0n) is 10.5. The second-order valence-electron chi connectivity index (χ2n) is 5.80. The molecule has 2 aromatic rings. The summed E-state index contributed by atoms with van der Waals surface area (Å²) in [5.74, 6) is 0.885. The van der Waals surface area contributed by atoms with E-state index in [-0.39, 0.29) is 5.38 Å². The lowest BCUT2D eigenvalue weighted by Crippen LogP contribution is -1.94. The maximum absolute atomic E-state index is 6.65. The molecule has 1 saturated carbocycles. The summed E-state index contributed by atoms with van der Waals surface area (Å²) in [6.45, 7) is 0. The van der Waals surface area contributed by atoms with Crippen LogP contribution >= 0.6 is 11.6 Å². The molecule has 1 atom stereocenters. The minimum absolute atomic E-state index is 0.197. The van der Waals surface area contributed by atoms with Gasteiger partial charge in [-0.25, -0.2) is 0 Å². The molecular weight excluding hydrogens is 240 g/mol. The fraction of sp³-hybridized carbons (Fsp3) is 0.412. The number of benzene rings is 2. The van der Waals surface area contributed by atoms with Gasteiger partial charge in [0.2, 0.25) is 0 Å². The number of hydrogen-bond donors (Lipinski definition) is 0. The summed E-state index contributed by atoms with van der Waals surface area (Å²) in [7, 11) is 0. The van der Waals surface area contributed by atoms with Gasteiger partial charge in [-0.15, -0.1) is 11.6 Å². The number of rotatable bonds is 3.